The molecule has 18 heavy (non-hydrogen) atoms. The monoisotopic (exact) mass is 344 g/mol. The Morgan fingerprint density at radius 2 is 1.78 bits per heavy atom. The van der Waals surface area contributed by atoms with E-state index in [1.807, 2.05) is 18.2 Å². The Morgan fingerprint density at radius 1 is 1.00 bits per heavy atom. The van der Waals surface area contributed by atoms with Crippen LogP contribution in [0.15, 0.2) is 50.2 Å². The number of fused-ring (bicyclic) bond motifs is 3. The third-order valence-electron chi connectivity index (χ3n) is 2.69. The van der Waals surface area contributed by atoms with Crippen molar-refractivity contribution in [1.29, 1.82) is 0 Å². The van der Waals surface area contributed by atoms with E-state index in [0.717, 1.165) is 15.2 Å². The Kier molecular flexibility index (Phi) is 2.66. The summed E-state index contributed by atoms with van der Waals surface area (Å²) in [5.74, 6) is 0. The lowest BCUT2D eigenvalue weighted by Gasteiger charge is -1.95. The first-order chi connectivity index (χ1) is 8.45. The summed E-state index contributed by atoms with van der Waals surface area (Å²) in [6.07, 6.45) is 0. The molecule has 0 bridgehead atoms. The van der Waals surface area contributed by atoms with Crippen LogP contribution in [0.25, 0.3) is 21.9 Å². The quantitative estimate of drug-likeness (QED) is 0.619. The SMILES string of the molecule is O=S(=O)(Cl)c1ccc2c(c1)oc1ccc(Br)cc12. The molecule has 0 aliphatic heterocycles. The molecule has 2 aromatic carbocycles. The van der Waals surface area contributed by atoms with E-state index in [1.165, 1.54) is 12.1 Å². The lowest BCUT2D eigenvalue weighted by atomic mass is 10.1. The fourth-order valence-corrected chi connectivity index (χ4v) is 3.01. The molecule has 3 aromatic rings. The zero-order valence-electron chi connectivity index (χ0n) is 8.85. The predicted molar refractivity (Wildman–Crippen MR) is 74.5 cm³/mol. The predicted octanol–water partition coefficient (Wildman–Crippen LogP) is 4.28. The largest absolute Gasteiger partial charge is 0.456 e. The lowest BCUT2D eigenvalue weighted by molar-refractivity contribution is 0.609. The Labute approximate surface area is 116 Å². The van der Waals surface area contributed by atoms with Crippen molar-refractivity contribution < 1.29 is 12.8 Å². The van der Waals surface area contributed by atoms with E-state index >= 15 is 0 Å². The van der Waals surface area contributed by atoms with Crippen LogP contribution < -0.4 is 0 Å². The molecule has 3 nitrogen and oxygen atoms in total. The van der Waals surface area contributed by atoms with Crippen LogP contribution >= 0.6 is 26.6 Å². The molecule has 0 aliphatic carbocycles. The van der Waals surface area contributed by atoms with Crippen LogP contribution in [0.3, 0.4) is 0 Å². The molecule has 0 spiro atoms. The minimum atomic E-state index is -3.74. The first-order valence-electron chi connectivity index (χ1n) is 5.02. The smallest absolute Gasteiger partial charge is 0.261 e. The fraction of sp³-hybridized carbons (Fsp3) is 0. The summed E-state index contributed by atoms with van der Waals surface area (Å²) in [5.41, 5.74) is 1.21. The maximum absolute atomic E-state index is 11.3. The van der Waals surface area contributed by atoms with Crippen LogP contribution in [0.2, 0.25) is 0 Å². The van der Waals surface area contributed by atoms with Gasteiger partial charge in [0.25, 0.3) is 9.05 Å². The van der Waals surface area contributed by atoms with Crippen molar-refractivity contribution in [1.82, 2.24) is 0 Å². The second kappa shape index (κ2) is 3.98. The highest BCUT2D eigenvalue weighted by Gasteiger charge is 2.14. The van der Waals surface area contributed by atoms with Gasteiger partial charge in [0.2, 0.25) is 0 Å². The van der Waals surface area contributed by atoms with E-state index in [0.29, 0.717) is 11.2 Å². The molecule has 0 radical (unpaired) electrons. The zero-order valence-corrected chi connectivity index (χ0v) is 12.0. The third-order valence-corrected chi connectivity index (χ3v) is 4.53. The first kappa shape index (κ1) is 12.0. The molecule has 1 heterocycles. The van der Waals surface area contributed by atoms with Crippen molar-refractivity contribution in [3.63, 3.8) is 0 Å². The van der Waals surface area contributed by atoms with E-state index in [1.54, 1.807) is 6.07 Å². The van der Waals surface area contributed by atoms with Crippen LogP contribution in [0.1, 0.15) is 0 Å². The summed E-state index contributed by atoms with van der Waals surface area (Å²) in [6, 6.07) is 10.2. The molecule has 1 aromatic heterocycles. The van der Waals surface area contributed by atoms with Crippen LogP contribution in [0, 0.1) is 0 Å². The zero-order chi connectivity index (χ0) is 12.9. The highest BCUT2D eigenvalue weighted by molar-refractivity contribution is 9.10. The standard InChI is InChI=1S/C12H6BrClO3S/c13-7-1-4-11-10(5-7)9-3-2-8(18(14,15)16)6-12(9)17-11/h1-6H. The van der Waals surface area contributed by atoms with E-state index in [9.17, 15) is 8.42 Å². The first-order valence-corrected chi connectivity index (χ1v) is 8.12. The molecule has 0 aliphatic rings. The van der Waals surface area contributed by atoms with E-state index in [2.05, 4.69) is 15.9 Å². The Balaban J connectivity index is 2.41. The molecule has 0 fully saturated rings. The Morgan fingerprint density at radius 3 is 2.50 bits per heavy atom. The van der Waals surface area contributed by atoms with Gasteiger partial charge in [-0.1, -0.05) is 15.9 Å². The number of hydrogen-bond donors (Lipinski definition) is 0. The van der Waals surface area contributed by atoms with Crippen molar-refractivity contribution in [2.45, 2.75) is 4.90 Å². The molecule has 0 atom stereocenters. The molecular weight excluding hydrogens is 340 g/mol. The minimum Gasteiger partial charge on any atom is -0.456 e. The van der Waals surface area contributed by atoms with Gasteiger partial charge in [0.15, 0.2) is 0 Å². The summed E-state index contributed by atoms with van der Waals surface area (Å²) in [4.78, 5) is 0.0368. The van der Waals surface area contributed by atoms with Crippen molar-refractivity contribution in [3.05, 3.63) is 40.9 Å². The molecule has 0 unspecified atom stereocenters. The van der Waals surface area contributed by atoms with Crippen LogP contribution in [-0.4, -0.2) is 8.42 Å². The van der Waals surface area contributed by atoms with Crippen molar-refractivity contribution >= 4 is 57.6 Å². The van der Waals surface area contributed by atoms with Crippen LogP contribution in [0.5, 0.6) is 0 Å². The molecule has 0 N–H and O–H groups in total. The van der Waals surface area contributed by atoms with Crippen LogP contribution in [0.4, 0.5) is 0 Å². The molecule has 0 saturated carbocycles. The maximum Gasteiger partial charge on any atom is 0.261 e. The van der Waals surface area contributed by atoms with E-state index < -0.39 is 9.05 Å². The number of benzene rings is 2. The third kappa shape index (κ3) is 1.92. The molecular formula is C12H6BrClO3S. The molecule has 3 rings (SSSR count). The summed E-state index contributed by atoms with van der Waals surface area (Å²) in [5, 5.41) is 1.79. The molecule has 0 amide bonds. The summed E-state index contributed by atoms with van der Waals surface area (Å²) in [7, 11) is 1.57. The van der Waals surface area contributed by atoms with E-state index in [-0.39, 0.29) is 4.90 Å². The number of rotatable bonds is 1. The normalized spacial score (nSPS) is 12.3. The van der Waals surface area contributed by atoms with Gasteiger partial charge in [-0.15, -0.1) is 0 Å². The topological polar surface area (TPSA) is 47.3 Å². The lowest BCUT2D eigenvalue weighted by Crippen LogP contribution is -1.88. The maximum atomic E-state index is 11.3. The summed E-state index contributed by atoms with van der Waals surface area (Å²) >= 11 is 3.39. The Bertz CT molecular complexity index is 868. The van der Waals surface area contributed by atoms with Gasteiger partial charge in [-0.05, 0) is 30.3 Å². The van der Waals surface area contributed by atoms with Gasteiger partial charge < -0.3 is 4.42 Å². The fourth-order valence-electron chi connectivity index (χ4n) is 1.88. The van der Waals surface area contributed by atoms with Crippen molar-refractivity contribution in [2.24, 2.45) is 0 Å². The number of furan rings is 1. The van der Waals surface area contributed by atoms with Gasteiger partial charge in [0.05, 0.1) is 4.90 Å². The van der Waals surface area contributed by atoms with Gasteiger partial charge in [-0.25, -0.2) is 8.42 Å². The van der Waals surface area contributed by atoms with Gasteiger partial charge in [-0.2, -0.15) is 0 Å². The number of halogens is 2. The minimum absolute atomic E-state index is 0.0368. The second-order valence-electron chi connectivity index (χ2n) is 3.84. The summed E-state index contributed by atoms with van der Waals surface area (Å²) < 4.78 is 29.1. The van der Waals surface area contributed by atoms with Gasteiger partial charge in [-0.3, -0.25) is 0 Å². The Hall–Kier alpha value is -1.04. The molecule has 92 valence electrons. The molecule has 0 saturated heterocycles. The van der Waals surface area contributed by atoms with Gasteiger partial charge >= 0.3 is 0 Å². The van der Waals surface area contributed by atoms with Gasteiger partial charge in [0, 0.05) is 32.0 Å². The van der Waals surface area contributed by atoms with Crippen molar-refractivity contribution in [3.8, 4) is 0 Å². The highest BCUT2D eigenvalue weighted by Crippen LogP contribution is 2.32. The number of hydrogen-bond acceptors (Lipinski definition) is 3. The van der Waals surface area contributed by atoms with E-state index in [4.69, 9.17) is 15.1 Å². The molecule has 6 heteroatoms. The van der Waals surface area contributed by atoms with Crippen molar-refractivity contribution in [2.75, 3.05) is 0 Å². The highest BCUT2D eigenvalue weighted by atomic mass is 79.9. The summed E-state index contributed by atoms with van der Waals surface area (Å²) in [6.45, 7) is 0. The van der Waals surface area contributed by atoms with Gasteiger partial charge in [0.1, 0.15) is 11.2 Å². The van der Waals surface area contributed by atoms with Crippen LogP contribution in [-0.2, 0) is 9.05 Å². The second-order valence-corrected chi connectivity index (χ2v) is 7.32. The average Bonchev–Trinajstić information content (AvgIpc) is 2.65. The average molecular weight is 346 g/mol.